The smallest absolute Gasteiger partial charge is 0.0684 e. The maximum Gasteiger partial charge on any atom is 0.0684 e. The van der Waals surface area contributed by atoms with Crippen molar-refractivity contribution in [3.63, 3.8) is 0 Å². The van der Waals surface area contributed by atoms with Gasteiger partial charge in [0.25, 0.3) is 0 Å². The molecule has 1 aliphatic rings. The molecule has 2 nitrogen and oxygen atoms in total. The Morgan fingerprint density at radius 2 is 1.81 bits per heavy atom. The highest BCUT2D eigenvalue weighted by molar-refractivity contribution is 5.26. The molecule has 0 radical (unpaired) electrons. The Bertz CT molecular complexity index is 329. The molecule has 16 heavy (non-hydrogen) atoms. The fraction of sp³-hybridized carbons (Fsp3) is 0.571. The summed E-state index contributed by atoms with van der Waals surface area (Å²) in [5.74, 6) is 0.795. The van der Waals surface area contributed by atoms with E-state index >= 15 is 0 Å². The number of hydrogen-bond acceptors (Lipinski definition) is 2. The monoisotopic (exact) mass is 219 g/mol. The van der Waals surface area contributed by atoms with Crippen molar-refractivity contribution in [1.29, 1.82) is 0 Å². The van der Waals surface area contributed by atoms with Crippen molar-refractivity contribution in [3.8, 4) is 0 Å². The summed E-state index contributed by atoms with van der Waals surface area (Å²) in [6.45, 7) is 2.60. The summed E-state index contributed by atoms with van der Waals surface area (Å²) >= 11 is 0. The predicted octanol–water partition coefficient (Wildman–Crippen LogP) is 2.06. The number of benzene rings is 1. The number of aliphatic hydroxyl groups is 1. The quantitative estimate of drug-likeness (QED) is 0.841. The van der Waals surface area contributed by atoms with E-state index in [2.05, 4.69) is 24.1 Å². The van der Waals surface area contributed by atoms with E-state index in [1.165, 1.54) is 31.5 Å². The molecule has 88 valence electrons. The summed E-state index contributed by atoms with van der Waals surface area (Å²) < 4.78 is 0. The van der Waals surface area contributed by atoms with E-state index in [9.17, 15) is 5.11 Å². The molecule has 1 aliphatic heterocycles. The van der Waals surface area contributed by atoms with Crippen LogP contribution in [-0.4, -0.2) is 30.1 Å². The summed E-state index contributed by atoms with van der Waals surface area (Å²) in [6, 6.07) is 8.27. The largest absolute Gasteiger partial charge is 0.392 e. The highest BCUT2D eigenvalue weighted by Crippen LogP contribution is 2.22. The molecule has 0 atom stereocenters. The van der Waals surface area contributed by atoms with Crippen LogP contribution in [0.3, 0.4) is 0 Å². The van der Waals surface area contributed by atoms with Crippen molar-refractivity contribution in [3.05, 3.63) is 35.4 Å². The molecule has 0 spiro atoms. The second kappa shape index (κ2) is 5.46. The van der Waals surface area contributed by atoms with Crippen molar-refractivity contribution in [2.45, 2.75) is 25.9 Å². The number of hydrogen-bond donors (Lipinski definition) is 1. The molecule has 2 rings (SSSR count). The van der Waals surface area contributed by atoms with Gasteiger partial charge in [-0.15, -0.1) is 0 Å². The van der Waals surface area contributed by atoms with Crippen LogP contribution in [-0.2, 0) is 13.0 Å². The topological polar surface area (TPSA) is 23.5 Å². The summed E-state index contributed by atoms with van der Waals surface area (Å²) in [6.07, 6.45) is 3.71. The predicted molar refractivity (Wildman–Crippen MR) is 66.3 cm³/mol. The zero-order chi connectivity index (χ0) is 11.4. The number of likely N-dealkylation sites (tertiary alicyclic amines) is 1. The zero-order valence-electron chi connectivity index (χ0n) is 10.0. The molecule has 0 amide bonds. The van der Waals surface area contributed by atoms with Gasteiger partial charge in [0.2, 0.25) is 0 Å². The van der Waals surface area contributed by atoms with Crippen molar-refractivity contribution in [2.75, 3.05) is 20.1 Å². The second-order valence-corrected chi connectivity index (χ2v) is 4.88. The van der Waals surface area contributed by atoms with Crippen molar-refractivity contribution in [2.24, 2.45) is 5.92 Å². The van der Waals surface area contributed by atoms with Gasteiger partial charge in [0.1, 0.15) is 0 Å². The molecule has 2 heteroatoms. The SMILES string of the molecule is CN1CCC(Cc2ccccc2CO)CC1. The van der Waals surface area contributed by atoms with Crippen molar-refractivity contribution >= 4 is 0 Å². The molecule has 1 aromatic rings. The Labute approximate surface area is 97.9 Å². The van der Waals surface area contributed by atoms with E-state index in [0.29, 0.717) is 0 Å². The maximum atomic E-state index is 9.28. The minimum atomic E-state index is 0.169. The molecule has 0 aliphatic carbocycles. The molecule has 0 aromatic heterocycles. The minimum Gasteiger partial charge on any atom is -0.392 e. The van der Waals surface area contributed by atoms with E-state index < -0.39 is 0 Å². The molecule has 0 unspecified atom stereocenters. The van der Waals surface area contributed by atoms with Gasteiger partial charge >= 0.3 is 0 Å². The lowest BCUT2D eigenvalue weighted by Gasteiger charge is -2.29. The average molecular weight is 219 g/mol. The van der Waals surface area contributed by atoms with Crippen LogP contribution < -0.4 is 0 Å². The highest BCUT2D eigenvalue weighted by Gasteiger charge is 2.17. The first-order valence-electron chi connectivity index (χ1n) is 6.16. The summed E-state index contributed by atoms with van der Waals surface area (Å²) in [5.41, 5.74) is 2.43. The van der Waals surface area contributed by atoms with E-state index in [-0.39, 0.29) is 6.61 Å². The summed E-state index contributed by atoms with van der Waals surface area (Å²) in [4.78, 5) is 2.40. The van der Waals surface area contributed by atoms with Crippen LogP contribution in [0.15, 0.2) is 24.3 Å². The van der Waals surface area contributed by atoms with Gasteiger partial charge in [-0.1, -0.05) is 24.3 Å². The lowest BCUT2D eigenvalue weighted by Crippen LogP contribution is -2.31. The number of aliphatic hydroxyl groups excluding tert-OH is 1. The van der Waals surface area contributed by atoms with Crippen molar-refractivity contribution in [1.82, 2.24) is 4.90 Å². The van der Waals surface area contributed by atoms with E-state index in [1.54, 1.807) is 0 Å². The van der Waals surface area contributed by atoms with Gasteiger partial charge in [-0.05, 0) is 56.4 Å². The molecule has 1 fully saturated rings. The first-order valence-corrected chi connectivity index (χ1v) is 6.16. The third-order valence-corrected chi connectivity index (χ3v) is 3.64. The Kier molecular flexibility index (Phi) is 3.97. The maximum absolute atomic E-state index is 9.28. The van der Waals surface area contributed by atoms with Gasteiger partial charge in [0.15, 0.2) is 0 Å². The van der Waals surface area contributed by atoms with Gasteiger partial charge in [-0.3, -0.25) is 0 Å². The van der Waals surface area contributed by atoms with Crippen LogP contribution in [0.1, 0.15) is 24.0 Å². The fourth-order valence-corrected chi connectivity index (χ4v) is 2.49. The minimum absolute atomic E-state index is 0.169. The Balaban J connectivity index is 1.98. The Hall–Kier alpha value is -0.860. The van der Waals surface area contributed by atoms with Gasteiger partial charge in [0.05, 0.1) is 6.61 Å². The normalized spacial score (nSPS) is 18.9. The van der Waals surface area contributed by atoms with Crippen LogP contribution in [0.25, 0.3) is 0 Å². The van der Waals surface area contributed by atoms with Crippen LogP contribution in [0.5, 0.6) is 0 Å². The number of nitrogens with zero attached hydrogens (tertiary/aromatic N) is 1. The third-order valence-electron chi connectivity index (χ3n) is 3.64. The number of rotatable bonds is 3. The van der Waals surface area contributed by atoms with Gasteiger partial charge in [0, 0.05) is 0 Å². The van der Waals surface area contributed by atoms with Crippen LogP contribution in [0, 0.1) is 5.92 Å². The van der Waals surface area contributed by atoms with E-state index in [4.69, 9.17) is 0 Å². The fourth-order valence-electron chi connectivity index (χ4n) is 2.49. The van der Waals surface area contributed by atoms with E-state index in [1.807, 2.05) is 12.1 Å². The molecular formula is C14H21NO. The second-order valence-electron chi connectivity index (χ2n) is 4.88. The molecule has 0 saturated carbocycles. The molecule has 1 heterocycles. The van der Waals surface area contributed by atoms with Gasteiger partial charge in [-0.25, -0.2) is 0 Å². The summed E-state index contributed by atoms with van der Waals surface area (Å²) in [7, 11) is 2.19. The zero-order valence-corrected chi connectivity index (χ0v) is 10.0. The summed E-state index contributed by atoms with van der Waals surface area (Å²) in [5, 5.41) is 9.28. The van der Waals surface area contributed by atoms with Gasteiger partial charge in [-0.2, -0.15) is 0 Å². The Morgan fingerprint density at radius 1 is 1.19 bits per heavy atom. The highest BCUT2D eigenvalue weighted by atomic mass is 16.3. The lowest BCUT2D eigenvalue weighted by molar-refractivity contribution is 0.218. The van der Waals surface area contributed by atoms with E-state index in [0.717, 1.165) is 17.9 Å². The van der Waals surface area contributed by atoms with Crippen molar-refractivity contribution < 1.29 is 5.11 Å². The van der Waals surface area contributed by atoms with Gasteiger partial charge < -0.3 is 10.0 Å². The molecular weight excluding hydrogens is 198 g/mol. The third kappa shape index (κ3) is 2.83. The van der Waals surface area contributed by atoms with Crippen LogP contribution in [0.2, 0.25) is 0 Å². The average Bonchev–Trinajstić information content (AvgIpc) is 2.33. The molecule has 1 saturated heterocycles. The van der Waals surface area contributed by atoms with Crippen LogP contribution in [0.4, 0.5) is 0 Å². The first kappa shape index (κ1) is 11.6. The molecule has 1 aromatic carbocycles. The van der Waals surface area contributed by atoms with Crippen LogP contribution >= 0.6 is 0 Å². The standard InChI is InChI=1S/C14H21NO/c1-15-8-6-12(7-9-15)10-13-4-2-3-5-14(13)11-16/h2-5,12,16H,6-11H2,1H3. The molecule has 1 N–H and O–H groups in total. The lowest BCUT2D eigenvalue weighted by atomic mass is 9.89. The Morgan fingerprint density at radius 3 is 2.44 bits per heavy atom. The molecule has 0 bridgehead atoms. The first-order chi connectivity index (χ1) is 7.79. The number of piperidine rings is 1.